The number of alkyl halides is 3. The van der Waals surface area contributed by atoms with Gasteiger partial charge < -0.3 is 10.2 Å². The Morgan fingerprint density at radius 2 is 2.00 bits per heavy atom. The number of rotatable bonds is 7. The zero-order chi connectivity index (χ0) is 18.4. The van der Waals surface area contributed by atoms with Gasteiger partial charge in [-0.25, -0.2) is 0 Å². The lowest BCUT2D eigenvalue weighted by atomic mass is 9.85. The predicted molar refractivity (Wildman–Crippen MR) is 107 cm³/mol. The summed E-state index contributed by atoms with van der Waals surface area (Å²) >= 11 is 0. The lowest BCUT2D eigenvalue weighted by Gasteiger charge is -2.29. The summed E-state index contributed by atoms with van der Waals surface area (Å²) in [5, 5.41) is 3.39. The smallest absolute Gasteiger partial charge is 0.342 e. The van der Waals surface area contributed by atoms with E-state index < -0.39 is 12.7 Å². The molecule has 0 aromatic carbocycles. The number of amides is 1. The maximum Gasteiger partial charge on any atom is 0.401 e. The average Bonchev–Trinajstić information content (AvgIpc) is 3.02. The molecule has 2 rings (SSSR count). The van der Waals surface area contributed by atoms with E-state index in [9.17, 15) is 18.0 Å². The van der Waals surface area contributed by atoms with Gasteiger partial charge in [0.1, 0.15) is 0 Å². The molecule has 9 heteroatoms. The summed E-state index contributed by atoms with van der Waals surface area (Å²) in [6.07, 6.45) is -0.458. The van der Waals surface area contributed by atoms with E-state index in [0.29, 0.717) is 44.4 Å². The van der Waals surface area contributed by atoms with Crippen LogP contribution in [0.4, 0.5) is 13.2 Å². The molecule has 2 aliphatic rings. The number of carbonyl (C=O) groups is 1. The molecule has 27 heavy (non-hydrogen) atoms. The number of nitrogens with zero attached hydrogens (tertiary/aromatic N) is 2. The molecule has 0 radical (unpaired) electrons. The molecule has 3 atom stereocenters. The average molecular weight is 436 g/mol. The first-order valence-electron chi connectivity index (χ1n) is 9.56. The molecule has 4 nitrogen and oxygen atoms in total. The van der Waals surface area contributed by atoms with Crippen molar-refractivity contribution in [3.05, 3.63) is 0 Å². The summed E-state index contributed by atoms with van der Waals surface area (Å²) in [6, 6.07) is 0. The fraction of sp³-hybridized carbons (Fsp3) is 0.944. The lowest BCUT2D eigenvalue weighted by molar-refractivity contribution is -0.146. The molecule has 162 valence electrons. The van der Waals surface area contributed by atoms with Gasteiger partial charge in [0.25, 0.3) is 0 Å². The maximum atomic E-state index is 12.6. The van der Waals surface area contributed by atoms with E-state index in [1.165, 1.54) is 17.7 Å². The van der Waals surface area contributed by atoms with Gasteiger partial charge in [0, 0.05) is 26.1 Å². The normalized spacial score (nSPS) is 24.3. The third-order valence-corrected chi connectivity index (χ3v) is 5.64. The van der Waals surface area contributed by atoms with E-state index in [1.54, 1.807) is 6.92 Å². The van der Waals surface area contributed by atoms with Crippen LogP contribution in [-0.4, -0.2) is 67.7 Å². The third kappa shape index (κ3) is 9.20. The van der Waals surface area contributed by atoms with E-state index >= 15 is 0 Å². The van der Waals surface area contributed by atoms with Crippen molar-refractivity contribution in [3.63, 3.8) is 0 Å². The fourth-order valence-corrected chi connectivity index (χ4v) is 4.07. The van der Waals surface area contributed by atoms with Crippen molar-refractivity contribution in [1.82, 2.24) is 15.1 Å². The monoisotopic (exact) mass is 435 g/mol. The van der Waals surface area contributed by atoms with Crippen molar-refractivity contribution >= 4 is 30.7 Å². The standard InChI is InChI=1S/C18H32F3N3O.2ClH/c1-3-23(13-18(19,20)21)11-15-6-8-24(12-15)17(25)9-14(2)16-5-4-7-22-10-16;;/h14-16,22H,3-13H2,1-2H3;2*1H. The van der Waals surface area contributed by atoms with Crippen LogP contribution >= 0.6 is 24.8 Å². The van der Waals surface area contributed by atoms with Crippen LogP contribution in [0.3, 0.4) is 0 Å². The summed E-state index contributed by atoms with van der Waals surface area (Å²) in [5.74, 6) is 1.23. The highest BCUT2D eigenvalue weighted by Crippen LogP contribution is 2.26. The van der Waals surface area contributed by atoms with Gasteiger partial charge in [-0.15, -0.1) is 24.8 Å². The number of carbonyl (C=O) groups excluding carboxylic acids is 1. The second-order valence-electron chi connectivity index (χ2n) is 7.73. The minimum Gasteiger partial charge on any atom is -0.342 e. The van der Waals surface area contributed by atoms with E-state index in [4.69, 9.17) is 0 Å². The molecule has 0 spiro atoms. The van der Waals surface area contributed by atoms with E-state index in [0.717, 1.165) is 19.5 Å². The van der Waals surface area contributed by atoms with E-state index in [2.05, 4.69) is 12.2 Å². The number of halogens is 5. The predicted octanol–water partition coefficient (Wildman–Crippen LogP) is 3.59. The Kier molecular flexibility index (Phi) is 12.2. The van der Waals surface area contributed by atoms with Crippen LogP contribution in [-0.2, 0) is 4.79 Å². The SMILES string of the molecule is CCN(CC1CCN(C(=O)CC(C)C2CCCNC2)C1)CC(F)(F)F.Cl.Cl. The molecule has 0 aliphatic carbocycles. The molecule has 2 heterocycles. The fourth-order valence-electron chi connectivity index (χ4n) is 4.07. The highest BCUT2D eigenvalue weighted by molar-refractivity contribution is 5.85. The van der Waals surface area contributed by atoms with Crippen LogP contribution < -0.4 is 5.32 Å². The van der Waals surface area contributed by atoms with Crippen LogP contribution in [0.15, 0.2) is 0 Å². The topological polar surface area (TPSA) is 35.6 Å². The molecule has 0 aromatic rings. The van der Waals surface area contributed by atoms with Crippen molar-refractivity contribution < 1.29 is 18.0 Å². The van der Waals surface area contributed by atoms with Crippen LogP contribution in [0.1, 0.15) is 39.5 Å². The maximum absolute atomic E-state index is 12.6. The number of hydrogen-bond donors (Lipinski definition) is 1. The largest absolute Gasteiger partial charge is 0.401 e. The molecule has 0 bridgehead atoms. The van der Waals surface area contributed by atoms with Crippen molar-refractivity contribution in [1.29, 1.82) is 0 Å². The quantitative estimate of drug-likeness (QED) is 0.663. The number of nitrogens with one attached hydrogen (secondary N) is 1. The Bertz CT molecular complexity index is 435. The van der Waals surface area contributed by atoms with Gasteiger partial charge in [0.05, 0.1) is 6.54 Å². The Labute approximate surface area is 173 Å². The van der Waals surface area contributed by atoms with Gasteiger partial charge in [0.2, 0.25) is 5.91 Å². The first kappa shape index (κ1) is 26.8. The Morgan fingerprint density at radius 1 is 1.30 bits per heavy atom. The van der Waals surface area contributed by atoms with Gasteiger partial charge in [-0.3, -0.25) is 9.69 Å². The molecule has 1 N–H and O–H groups in total. The van der Waals surface area contributed by atoms with E-state index in [1.807, 2.05) is 4.90 Å². The van der Waals surface area contributed by atoms with Crippen LogP contribution in [0.5, 0.6) is 0 Å². The highest BCUT2D eigenvalue weighted by Gasteiger charge is 2.34. The molecular formula is C18H34Cl2F3N3O. The summed E-state index contributed by atoms with van der Waals surface area (Å²) in [5.41, 5.74) is 0. The summed E-state index contributed by atoms with van der Waals surface area (Å²) in [6.45, 7) is 7.17. The van der Waals surface area contributed by atoms with Crippen LogP contribution in [0, 0.1) is 17.8 Å². The second-order valence-corrected chi connectivity index (χ2v) is 7.73. The Morgan fingerprint density at radius 3 is 2.56 bits per heavy atom. The first-order valence-corrected chi connectivity index (χ1v) is 9.56. The number of hydrogen-bond acceptors (Lipinski definition) is 3. The van der Waals surface area contributed by atoms with Gasteiger partial charge in [0.15, 0.2) is 0 Å². The Balaban J connectivity index is 0.00000338. The molecule has 2 fully saturated rings. The molecule has 0 aromatic heterocycles. The lowest BCUT2D eigenvalue weighted by Crippen LogP contribution is -2.39. The molecule has 0 saturated carbocycles. The van der Waals surface area contributed by atoms with Gasteiger partial charge in [-0.2, -0.15) is 13.2 Å². The zero-order valence-electron chi connectivity index (χ0n) is 16.3. The van der Waals surface area contributed by atoms with E-state index in [-0.39, 0.29) is 36.6 Å². The highest BCUT2D eigenvalue weighted by atomic mass is 35.5. The molecule has 2 saturated heterocycles. The van der Waals surface area contributed by atoms with Gasteiger partial charge >= 0.3 is 6.18 Å². The second kappa shape index (κ2) is 12.3. The zero-order valence-corrected chi connectivity index (χ0v) is 17.9. The number of piperidine rings is 1. The first-order chi connectivity index (χ1) is 11.8. The molecule has 2 aliphatic heterocycles. The summed E-state index contributed by atoms with van der Waals surface area (Å²) in [7, 11) is 0. The van der Waals surface area contributed by atoms with Gasteiger partial charge in [-0.1, -0.05) is 13.8 Å². The van der Waals surface area contributed by atoms with Crippen molar-refractivity contribution in [2.24, 2.45) is 17.8 Å². The third-order valence-electron chi connectivity index (χ3n) is 5.64. The van der Waals surface area contributed by atoms with Crippen molar-refractivity contribution in [3.8, 4) is 0 Å². The number of likely N-dealkylation sites (tertiary alicyclic amines) is 1. The van der Waals surface area contributed by atoms with Crippen molar-refractivity contribution in [2.75, 3.05) is 45.8 Å². The van der Waals surface area contributed by atoms with Crippen LogP contribution in [0.2, 0.25) is 0 Å². The minimum absolute atomic E-state index is 0. The van der Waals surface area contributed by atoms with Crippen LogP contribution in [0.25, 0.3) is 0 Å². The summed E-state index contributed by atoms with van der Waals surface area (Å²) in [4.78, 5) is 15.8. The van der Waals surface area contributed by atoms with Crippen molar-refractivity contribution in [2.45, 2.75) is 45.7 Å². The van der Waals surface area contributed by atoms with Gasteiger partial charge in [-0.05, 0) is 56.7 Å². The summed E-state index contributed by atoms with van der Waals surface area (Å²) < 4.78 is 37.7. The molecule has 1 amide bonds. The Hall–Kier alpha value is -0.240. The molecular weight excluding hydrogens is 402 g/mol. The minimum atomic E-state index is -4.16. The molecule has 3 unspecified atom stereocenters.